The molecule has 1 rings (SSSR count). The molecule has 1 aliphatic heterocycles. The maximum atomic E-state index is 5.72. The summed E-state index contributed by atoms with van der Waals surface area (Å²) in [7, 11) is 0. The molecule has 1 aliphatic rings. The van der Waals surface area contributed by atoms with Gasteiger partial charge in [-0.15, -0.1) is 0 Å². The summed E-state index contributed by atoms with van der Waals surface area (Å²) in [4.78, 5) is 0. The Labute approximate surface area is 86.8 Å². The van der Waals surface area contributed by atoms with Gasteiger partial charge in [-0.05, 0) is 12.3 Å². The Morgan fingerprint density at radius 3 is 2.50 bits per heavy atom. The van der Waals surface area contributed by atoms with Crippen molar-refractivity contribution in [2.24, 2.45) is 11.7 Å². The first-order valence-electron chi connectivity index (χ1n) is 5.51. The summed E-state index contributed by atoms with van der Waals surface area (Å²) < 4.78 is 5.28. The number of ether oxygens (including phenoxy) is 1. The van der Waals surface area contributed by atoms with Crippen LogP contribution in [0.25, 0.3) is 0 Å². The van der Waals surface area contributed by atoms with E-state index in [0.717, 1.165) is 32.7 Å². The number of rotatable bonds is 5. The summed E-state index contributed by atoms with van der Waals surface area (Å²) in [6.45, 7) is 8.74. The molecule has 1 atom stereocenters. The first-order chi connectivity index (χ1) is 6.72. The van der Waals surface area contributed by atoms with Crippen LogP contribution in [0.2, 0.25) is 0 Å². The van der Waals surface area contributed by atoms with Gasteiger partial charge in [0.05, 0.1) is 13.2 Å². The van der Waals surface area contributed by atoms with Crippen LogP contribution < -0.4 is 11.2 Å². The van der Waals surface area contributed by atoms with Crippen LogP contribution in [-0.4, -0.2) is 43.9 Å². The van der Waals surface area contributed by atoms with Crippen LogP contribution in [0.15, 0.2) is 0 Å². The molecule has 1 unspecified atom stereocenters. The highest BCUT2D eigenvalue weighted by Crippen LogP contribution is 2.05. The molecule has 4 heteroatoms. The first-order valence-corrected chi connectivity index (χ1v) is 5.51. The van der Waals surface area contributed by atoms with E-state index in [1.54, 1.807) is 0 Å². The number of hydrogen-bond acceptors (Lipinski definition) is 4. The van der Waals surface area contributed by atoms with Crippen LogP contribution in [0, 0.1) is 5.92 Å². The van der Waals surface area contributed by atoms with Gasteiger partial charge in [-0.2, -0.15) is 0 Å². The molecule has 0 bridgehead atoms. The largest absolute Gasteiger partial charge is 0.379 e. The zero-order valence-electron chi connectivity index (χ0n) is 9.33. The van der Waals surface area contributed by atoms with E-state index < -0.39 is 0 Å². The quantitative estimate of drug-likeness (QED) is 0.667. The van der Waals surface area contributed by atoms with E-state index >= 15 is 0 Å². The van der Waals surface area contributed by atoms with Crippen LogP contribution in [0.3, 0.4) is 0 Å². The highest BCUT2D eigenvalue weighted by molar-refractivity contribution is 4.69. The fourth-order valence-electron chi connectivity index (χ4n) is 1.72. The third-order valence-electron chi connectivity index (χ3n) is 2.42. The van der Waals surface area contributed by atoms with Gasteiger partial charge in [0, 0.05) is 25.7 Å². The highest BCUT2D eigenvalue weighted by atomic mass is 16.5. The Morgan fingerprint density at radius 1 is 1.36 bits per heavy atom. The van der Waals surface area contributed by atoms with Crippen LogP contribution in [0.5, 0.6) is 0 Å². The molecular weight excluding hydrogens is 178 g/mol. The molecule has 1 fully saturated rings. The van der Waals surface area contributed by atoms with Gasteiger partial charge in [0.1, 0.15) is 0 Å². The zero-order valence-corrected chi connectivity index (χ0v) is 9.33. The SMILES string of the molecule is CC(C)CC(CN)NN1CCOCC1. The minimum Gasteiger partial charge on any atom is -0.379 e. The van der Waals surface area contributed by atoms with Gasteiger partial charge >= 0.3 is 0 Å². The topological polar surface area (TPSA) is 50.5 Å². The summed E-state index contributed by atoms with van der Waals surface area (Å²) in [5.41, 5.74) is 9.18. The smallest absolute Gasteiger partial charge is 0.0608 e. The summed E-state index contributed by atoms with van der Waals surface area (Å²) in [5, 5.41) is 2.23. The maximum Gasteiger partial charge on any atom is 0.0608 e. The molecule has 1 heterocycles. The molecular formula is C10H23N3O. The lowest BCUT2D eigenvalue weighted by atomic mass is 10.0. The number of nitrogens with two attached hydrogens (primary N) is 1. The number of hydrazine groups is 1. The van der Waals surface area contributed by atoms with E-state index in [-0.39, 0.29) is 0 Å². The fraction of sp³-hybridized carbons (Fsp3) is 1.00. The third-order valence-corrected chi connectivity index (χ3v) is 2.42. The standard InChI is InChI=1S/C10H23N3O/c1-9(2)7-10(8-11)12-13-3-5-14-6-4-13/h9-10,12H,3-8,11H2,1-2H3. The Morgan fingerprint density at radius 2 is 2.00 bits per heavy atom. The molecule has 0 radical (unpaired) electrons. The van der Waals surface area contributed by atoms with Crippen molar-refractivity contribution in [3.8, 4) is 0 Å². The van der Waals surface area contributed by atoms with Gasteiger partial charge in [0.25, 0.3) is 0 Å². The Kier molecular flexibility index (Phi) is 5.40. The Bertz CT molecular complexity index is 146. The number of nitrogens with zero attached hydrogens (tertiary/aromatic N) is 1. The predicted octanol–water partition coefficient (Wildman–Crippen LogP) is 0.197. The van der Waals surface area contributed by atoms with Crippen molar-refractivity contribution in [1.29, 1.82) is 0 Å². The molecule has 3 N–H and O–H groups in total. The lowest BCUT2D eigenvalue weighted by Crippen LogP contribution is -2.52. The average Bonchev–Trinajstić information content (AvgIpc) is 2.17. The molecule has 4 nitrogen and oxygen atoms in total. The van der Waals surface area contributed by atoms with Crippen molar-refractivity contribution >= 4 is 0 Å². The van der Waals surface area contributed by atoms with Crippen LogP contribution in [0.1, 0.15) is 20.3 Å². The van der Waals surface area contributed by atoms with Crippen LogP contribution in [-0.2, 0) is 4.74 Å². The van der Waals surface area contributed by atoms with Gasteiger partial charge in [-0.1, -0.05) is 13.8 Å². The second-order valence-corrected chi connectivity index (χ2v) is 4.29. The van der Waals surface area contributed by atoms with E-state index in [1.165, 1.54) is 0 Å². The van der Waals surface area contributed by atoms with Gasteiger partial charge in [0.15, 0.2) is 0 Å². The summed E-state index contributed by atoms with van der Waals surface area (Å²) in [5.74, 6) is 0.692. The fourth-order valence-corrected chi connectivity index (χ4v) is 1.72. The van der Waals surface area contributed by atoms with Gasteiger partial charge in [-0.3, -0.25) is 5.43 Å². The van der Waals surface area contributed by atoms with Crippen molar-refractivity contribution in [3.05, 3.63) is 0 Å². The molecule has 0 aliphatic carbocycles. The molecule has 0 aromatic heterocycles. The van der Waals surface area contributed by atoms with E-state index in [2.05, 4.69) is 24.3 Å². The molecule has 84 valence electrons. The average molecular weight is 201 g/mol. The molecule has 0 spiro atoms. The van der Waals surface area contributed by atoms with Gasteiger partial charge in [0.2, 0.25) is 0 Å². The van der Waals surface area contributed by atoms with Gasteiger partial charge < -0.3 is 10.5 Å². The molecule has 14 heavy (non-hydrogen) atoms. The van der Waals surface area contributed by atoms with Crippen LogP contribution in [0.4, 0.5) is 0 Å². The number of nitrogens with one attached hydrogen (secondary N) is 1. The third kappa shape index (κ3) is 4.37. The molecule has 0 saturated carbocycles. The van der Waals surface area contributed by atoms with Crippen molar-refractivity contribution in [2.75, 3.05) is 32.8 Å². The second kappa shape index (κ2) is 6.35. The van der Waals surface area contributed by atoms with Crippen molar-refractivity contribution in [1.82, 2.24) is 10.4 Å². The van der Waals surface area contributed by atoms with E-state index in [1.807, 2.05) is 0 Å². The van der Waals surface area contributed by atoms with Crippen molar-refractivity contribution in [2.45, 2.75) is 26.3 Å². The van der Waals surface area contributed by atoms with E-state index in [0.29, 0.717) is 18.5 Å². The molecule has 0 aromatic rings. The van der Waals surface area contributed by atoms with Gasteiger partial charge in [-0.25, -0.2) is 5.01 Å². The summed E-state index contributed by atoms with van der Waals surface area (Å²) in [6, 6.07) is 0.410. The molecule has 0 amide bonds. The Hall–Kier alpha value is -0.160. The minimum atomic E-state index is 0.410. The number of morpholine rings is 1. The number of hydrogen-bond donors (Lipinski definition) is 2. The van der Waals surface area contributed by atoms with E-state index in [9.17, 15) is 0 Å². The summed E-state index contributed by atoms with van der Waals surface area (Å²) in [6.07, 6.45) is 1.13. The Balaban J connectivity index is 2.23. The minimum absolute atomic E-state index is 0.410. The maximum absolute atomic E-state index is 5.72. The monoisotopic (exact) mass is 201 g/mol. The lowest BCUT2D eigenvalue weighted by molar-refractivity contribution is 0.00267. The predicted molar refractivity (Wildman–Crippen MR) is 57.8 cm³/mol. The first kappa shape index (κ1) is 11.9. The highest BCUT2D eigenvalue weighted by Gasteiger charge is 2.15. The molecule has 0 aromatic carbocycles. The summed E-state index contributed by atoms with van der Waals surface area (Å²) >= 11 is 0. The second-order valence-electron chi connectivity index (χ2n) is 4.29. The lowest BCUT2D eigenvalue weighted by Gasteiger charge is -2.31. The van der Waals surface area contributed by atoms with Crippen LogP contribution >= 0.6 is 0 Å². The molecule has 1 saturated heterocycles. The van der Waals surface area contributed by atoms with E-state index in [4.69, 9.17) is 10.5 Å². The normalized spacial score (nSPS) is 21.4. The van der Waals surface area contributed by atoms with Crippen molar-refractivity contribution < 1.29 is 4.74 Å². The zero-order chi connectivity index (χ0) is 10.4. The van der Waals surface area contributed by atoms with Crippen molar-refractivity contribution in [3.63, 3.8) is 0 Å².